The lowest BCUT2D eigenvalue weighted by molar-refractivity contribution is -0.0426. The molecule has 1 aliphatic heterocycles. The van der Waals surface area contributed by atoms with Gasteiger partial charge in [-0.05, 0) is 37.6 Å². The Morgan fingerprint density at radius 3 is 2.47 bits per heavy atom. The summed E-state index contributed by atoms with van der Waals surface area (Å²) in [7, 11) is -3.61. The van der Waals surface area contributed by atoms with Crippen molar-refractivity contribution in [3.05, 3.63) is 29.6 Å². The monoisotopic (exact) mass is 259 g/mol. The fourth-order valence-electron chi connectivity index (χ4n) is 1.92. The summed E-state index contributed by atoms with van der Waals surface area (Å²) in [6.45, 7) is 3.28. The van der Waals surface area contributed by atoms with Gasteiger partial charge in [-0.25, -0.2) is 12.8 Å². The predicted molar refractivity (Wildman–Crippen MR) is 60.5 cm³/mol. The van der Waals surface area contributed by atoms with Crippen LogP contribution >= 0.6 is 0 Å². The minimum atomic E-state index is -3.61. The summed E-state index contributed by atoms with van der Waals surface area (Å²) in [6.07, 6.45) is 0. The van der Waals surface area contributed by atoms with Crippen molar-refractivity contribution in [2.24, 2.45) is 0 Å². The molecule has 1 fully saturated rings. The van der Waals surface area contributed by atoms with Crippen molar-refractivity contribution >= 4 is 10.0 Å². The van der Waals surface area contributed by atoms with Gasteiger partial charge in [0, 0.05) is 13.1 Å². The molecule has 1 N–H and O–H groups in total. The molecule has 0 bridgehead atoms. The normalized spacial score (nSPS) is 20.0. The van der Waals surface area contributed by atoms with Crippen molar-refractivity contribution in [1.29, 1.82) is 0 Å². The highest BCUT2D eigenvalue weighted by atomic mass is 32.2. The standard InChI is InChI=1S/C11H14FNO3S/c1-8-5-9(12)3-4-10(8)17(15,16)13-6-11(2,14)7-13/h3-5,14H,6-7H2,1-2H3. The molecule has 1 aromatic carbocycles. The van der Waals surface area contributed by atoms with Crippen molar-refractivity contribution in [2.75, 3.05) is 13.1 Å². The van der Waals surface area contributed by atoms with Crippen LogP contribution in [0.3, 0.4) is 0 Å². The third-order valence-electron chi connectivity index (χ3n) is 2.79. The van der Waals surface area contributed by atoms with Gasteiger partial charge in [0.05, 0.1) is 10.5 Å². The molecule has 94 valence electrons. The highest BCUT2D eigenvalue weighted by Crippen LogP contribution is 2.29. The zero-order chi connectivity index (χ0) is 12.8. The molecule has 1 aliphatic rings. The SMILES string of the molecule is Cc1cc(F)ccc1S(=O)(=O)N1CC(C)(O)C1. The van der Waals surface area contributed by atoms with E-state index in [-0.39, 0.29) is 18.0 Å². The largest absolute Gasteiger partial charge is 0.387 e. The summed E-state index contributed by atoms with van der Waals surface area (Å²) in [4.78, 5) is 0.0920. The van der Waals surface area contributed by atoms with Crippen molar-refractivity contribution in [1.82, 2.24) is 4.31 Å². The molecular formula is C11H14FNO3S. The van der Waals surface area contributed by atoms with E-state index in [1.807, 2.05) is 0 Å². The van der Waals surface area contributed by atoms with Crippen LogP contribution in [0.1, 0.15) is 12.5 Å². The highest BCUT2D eigenvalue weighted by Gasteiger charge is 2.44. The van der Waals surface area contributed by atoms with Crippen LogP contribution in [-0.2, 0) is 10.0 Å². The summed E-state index contributed by atoms with van der Waals surface area (Å²) < 4.78 is 38.3. The first-order valence-electron chi connectivity index (χ1n) is 5.21. The van der Waals surface area contributed by atoms with Gasteiger partial charge in [0.1, 0.15) is 5.82 Å². The van der Waals surface area contributed by atoms with E-state index < -0.39 is 21.4 Å². The lowest BCUT2D eigenvalue weighted by Crippen LogP contribution is -2.61. The molecule has 0 aromatic heterocycles. The van der Waals surface area contributed by atoms with E-state index in [0.717, 1.165) is 6.07 Å². The quantitative estimate of drug-likeness (QED) is 0.858. The molecule has 0 amide bonds. The molecule has 6 heteroatoms. The van der Waals surface area contributed by atoms with E-state index in [2.05, 4.69) is 0 Å². The summed E-state index contributed by atoms with van der Waals surface area (Å²) in [6, 6.07) is 3.57. The highest BCUT2D eigenvalue weighted by molar-refractivity contribution is 7.89. The van der Waals surface area contributed by atoms with E-state index >= 15 is 0 Å². The lowest BCUT2D eigenvalue weighted by Gasteiger charge is -2.43. The average Bonchev–Trinajstić information content (AvgIpc) is 2.13. The molecular weight excluding hydrogens is 245 g/mol. The maximum atomic E-state index is 12.9. The number of β-amino-alcohol motifs (C(OH)–C–C–N with tert-alkyl or cyclic N) is 1. The smallest absolute Gasteiger partial charge is 0.243 e. The van der Waals surface area contributed by atoms with Gasteiger partial charge in [0.25, 0.3) is 0 Å². The zero-order valence-corrected chi connectivity index (χ0v) is 10.5. The van der Waals surface area contributed by atoms with E-state index in [4.69, 9.17) is 0 Å². The number of rotatable bonds is 2. The summed E-state index contributed by atoms with van der Waals surface area (Å²) in [5.41, 5.74) is -0.586. The third kappa shape index (κ3) is 2.20. The van der Waals surface area contributed by atoms with E-state index in [1.165, 1.54) is 16.4 Å². The van der Waals surface area contributed by atoms with Gasteiger partial charge in [-0.3, -0.25) is 0 Å². The average molecular weight is 259 g/mol. The van der Waals surface area contributed by atoms with Crippen LogP contribution in [-0.4, -0.2) is 36.5 Å². The molecule has 4 nitrogen and oxygen atoms in total. The molecule has 0 unspecified atom stereocenters. The molecule has 1 saturated heterocycles. The molecule has 0 radical (unpaired) electrons. The molecule has 1 heterocycles. The van der Waals surface area contributed by atoms with E-state index in [0.29, 0.717) is 5.56 Å². The Labute approximate surface area is 99.7 Å². The van der Waals surface area contributed by atoms with Crippen LogP contribution < -0.4 is 0 Å². The Balaban J connectivity index is 2.34. The summed E-state index contributed by atoms with van der Waals surface area (Å²) >= 11 is 0. The number of halogens is 1. The number of hydrogen-bond donors (Lipinski definition) is 1. The number of aliphatic hydroxyl groups is 1. The van der Waals surface area contributed by atoms with Gasteiger partial charge >= 0.3 is 0 Å². The van der Waals surface area contributed by atoms with Crippen LogP contribution in [0.25, 0.3) is 0 Å². The number of sulfonamides is 1. The van der Waals surface area contributed by atoms with Gasteiger partial charge in [0.15, 0.2) is 0 Å². The summed E-state index contributed by atoms with van der Waals surface area (Å²) in [5, 5.41) is 9.54. The molecule has 2 rings (SSSR count). The summed E-state index contributed by atoms with van der Waals surface area (Å²) in [5.74, 6) is -0.461. The number of benzene rings is 1. The Kier molecular flexibility index (Phi) is 2.76. The second-order valence-corrected chi connectivity index (χ2v) is 6.59. The second-order valence-electron chi connectivity index (χ2n) is 4.68. The Hall–Kier alpha value is -0.980. The lowest BCUT2D eigenvalue weighted by atomic mass is 10.0. The van der Waals surface area contributed by atoms with Crippen LogP contribution in [0.2, 0.25) is 0 Å². The van der Waals surface area contributed by atoms with Gasteiger partial charge in [-0.2, -0.15) is 4.31 Å². The van der Waals surface area contributed by atoms with E-state index in [1.54, 1.807) is 13.8 Å². The fourth-order valence-corrected chi connectivity index (χ4v) is 3.80. The van der Waals surface area contributed by atoms with Gasteiger partial charge in [-0.1, -0.05) is 0 Å². The van der Waals surface area contributed by atoms with Crippen LogP contribution in [0.15, 0.2) is 23.1 Å². The molecule has 17 heavy (non-hydrogen) atoms. The number of nitrogens with zero attached hydrogens (tertiary/aromatic N) is 1. The second kappa shape index (κ2) is 3.76. The fraction of sp³-hybridized carbons (Fsp3) is 0.455. The molecule has 0 aliphatic carbocycles. The minimum absolute atomic E-state index is 0.0755. The Morgan fingerprint density at radius 2 is 2.00 bits per heavy atom. The van der Waals surface area contributed by atoms with Gasteiger partial charge in [0.2, 0.25) is 10.0 Å². The molecule has 0 saturated carbocycles. The van der Waals surface area contributed by atoms with Crippen molar-refractivity contribution < 1.29 is 17.9 Å². The van der Waals surface area contributed by atoms with Crippen LogP contribution in [0.4, 0.5) is 4.39 Å². The maximum absolute atomic E-state index is 12.9. The first kappa shape index (κ1) is 12.5. The van der Waals surface area contributed by atoms with Gasteiger partial charge in [-0.15, -0.1) is 0 Å². The zero-order valence-electron chi connectivity index (χ0n) is 9.64. The molecule has 0 spiro atoms. The van der Waals surface area contributed by atoms with Crippen molar-refractivity contribution in [3.8, 4) is 0 Å². The maximum Gasteiger partial charge on any atom is 0.243 e. The van der Waals surface area contributed by atoms with Crippen molar-refractivity contribution in [3.63, 3.8) is 0 Å². The first-order chi connectivity index (χ1) is 7.72. The minimum Gasteiger partial charge on any atom is -0.387 e. The molecule has 1 aromatic rings. The van der Waals surface area contributed by atoms with Crippen LogP contribution in [0, 0.1) is 12.7 Å². The number of hydrogen-bond acceptors (Lipinski definition) is 3. The Bertz CT molecular complexity index is 546. The third-order valence-corrected chi connectivity index (χ3v) is 4.74. The predicted octanol–water partition coefficient (Wildman–Crippen LogP) is 0.889. The molecule has 0 atom stereocenters. The van der Waals surface area contributed by atoms with Crippen molar-refractivity contribution in [2.45, 2.75) is 24.3 Å². The van der Waals surface area contributed by atoms with Gasteiger partial charge < -0.3 is 5.11 Å². The Morgan fingerprint density at radius 1 is 1.41 bits per heavy atom. The first-order valence-corrected chi connectivity index (χ1v) is 6.65. The number of aryl methyl sites for hydroxylation is 1. The van der Waals surface area contributed by atoms with E-state index in [9.17, 15) is 17.9 Å². The van der Waals surface area contributed by atoms with Crippen LogP contribution in [0.5, 0.6) is 0 Å². The topological polar surface area (TPSA) is 57.6 Å².